The molecule has 0 radical (unpaired) electrons. The number of nitrogens with one attached hydrogen (secondary N) is 1. The van der Waals surface area contributed by atoms with Crippen LogP contribution in [0.25, 0.3) is 0 Å². The molecule has 1 aliphatic rings. The molecule has 1 aromatic heterocycles. The predicted molar refractivity (Wildman–Crippen MR) is 109 cm³/mol. The Hall–Kier alpha value is -0.800. The van der Waals surface area contributed by atoms with Gasteiger partial charge in [0.1, 0.15) is 0 Å². The number of carbonyl (C=O) groups is 2. The summed E-state index contributed by atoms with van der Waals surface area (Å²) in [5.74, 6) is 0.560. The van der Waals surface area contributed by atoms with Gasteiger partial charge in [0, 0.05) is 19.1 Å². The molecule has 0 unspecified atom stereocenters. The van der Waals surface area contributed by atoms with Gasteiger partial charge in [-0.1, -0.05) is 48.7 Å². The fraction of sp³-hybridized carbons (Fsp3) is 0.765. The van der Waals surface area contributed by atoms with Gasteiger partial charge in [0.05, 0.1) is 11.0 Å². The highest BCUT2D eigenvalue weighted by Crippen LogP contribution is 2.32. The predicted octanol–water partition coefficient (Wildman–Crippen LogP) is 3.43. The Morgan fingerprint density at radius 2 is 2.08 bits per heavy atom. The summed E-state index contributed by atoms with van der Waals surface area (Å²) in [6.07, 6.45) is 5.37. The molecule has 0 aromatic carbocycles. The van der Waals surface area contributed by atoms with E-state index < -0.39 is 0 Å². The van der Waals surface area contributed by atoms with Crippen LogP contribution in [0.2, 0.25) is 0 Å². The second-order valence-electron chi connectivity index (χ2n) is 6.32. The molecule has 1 fully saturated rings. The molecule has 1 aliphatic heterocycles. The van der Waals surface area contributed by atoms with Gasteiger partial charge in [-0.25, -0.2) is 0 Å². The van der Waals surface area contributed by atoms with Crippen molar-refractivity contribution in [1.29, 1.82) is 0 Å². The Balaban J connectivity index is 1.83. The van der Waals surface area contributed by atoms with Crippen LogP contribution in [0.1, 0.15) is 52.9 Å². The second kappa shape index (κ2) is 11.1. The summed E-state index contributed by atoms with van der Waals surface area (Å²) >= 11 is 4.31. The van der Waals surface area contributed by atoms with Gasteiger partial charge in [-0.2, -0.15) is 0 Å². The Kier molecular flexibility index (Phi) is 9.21. The van der Waals surface area contributed by atoms with E-state index in [2.05, 4.69) is 27.3 Å². The van der Waals surface area contributed by atoms with Crippen molar-refractivity contribution in [2.45, 2.75) is 72.8 Å². The molecule has 2 atom stereocenters. The van der Waals surface area contributed by atoms with Crippen LogP contribution in [0.4, 0.5) is 0 Å². The molecule has 1 aromatic rings. The van der Waals surface area contributed by atoms with Gasteiger partial charge >= 0.3 is 0 Å². The molecule has 0 aliphatic carbocycles. The fourth-order valence-corrected chi connectivity index (χ4v) is 5.96. The van der Waals surface area contributed by atoms with Gasteiger partial charge in [-0.05, 0) is 39.0 Å². The molecule has 26 heavy (non-hydrogen) atoms. The average Bonchev–Trinajstić information content (AvgIpc) is 3.11. The third-order valence-corrected chi connectivity index (χ3v) is 7.52. The topological polar surface area (TPSA) is 75.2 Å². The second-order valence-corrected chi connectivity index (χ2v) is 10.1. The van der Waals surface area contributed by atoms with Crippen molar-refractivity contribution < 1.29 is 9.59 Å². The Labute approximate surface area is 168 Å². The van der Waals surface area contributed by atoms with E-state index in [1.165, 1.54) is 41.3 Å². The number of likely N-dealkylation sites (tertiary alicyclic amines) is 1. The van der Waals surface area contributed by atoms with Crippen molar-refractivity contribution in [2.75, 3.05) is 18.8 Å². The van der Waals surface area contributed by atoms with Crippen LogP contribution < -0.4 is 5.32 Å². The maximum atomic E-state index is 12.8. The van der Waals surface area contributed by atoms with Crippen molar-refractivity contribution in [3.63, 3.8) is 0 Å². The number of nitrogens with zero attached hydrogens (tertiary/aromatic N) is 3. The number of thioether (sulfide) groups is 2. The summed E-state index contributed by atoms with van der Waals surface area (Å²) in [5, 5.41) is 11.0. The number of hydrogen-bond donors (Lipinski definition) is 1. The van der Waals surface area contributed by atoms with Gasteiger partial charge in [-0.15, -0.1) is 10.2 Å². The zero-order valence-corrected chi connectivity index (χ0v) is 18.1. The molecule has 1 N–H and O–H groups in total. The first kappa shape index (κ1) is 21.5. The van der Waals surface area contributed by atoms with Crippen LogP contribution in [-0.2, 0) is 9.59 Å². The molecule has 0 bridgehead atoms. The first-order chi connectivity index (χ1) is 12.5. The maximum Gasteiger partial charge on any atom is 0.236 e. The summed E-state index contributed by atoms with van der Waals surface area (Å²) < 4.78 is 1.55. The van der Waals surface area contributed by atoms with Crippen molar-refractivity contribution in [3.8, 4) is 0 Å². The minimum absolute atomic E-state index is 0.0144. The number of rotatable bonds is 9. The highest BCUT2D eigenvalue weighted by atomic mass is 32.2. The van der Waals surface area contributed by atoms with E-state index in [1.54, 1.807) is 0 Å². The standard InChI is InChI=1S/C17H28N4O2S3/c1-4-9-18-14(22)11-24-16-19-20-17(26-16)25-12(3)15(23)21-10-7-6-8-13(21)5-2/h12-13H,4-11H2,1-3H3,(H,18,22)/t12-,13-/m0/s1. The number of hydrogen-bond acceptors (Lipinski definition) is 7. The molecule has 2 heterocycles. The zero-order valence-electron chi connectivity index (χ0n) is 15.7. The molecule has 146 valence electrons. The van der Waals surface area contributed by atoms with Gasteiger partial charge in [0.25, 0.3) is 0 Å². The number of carbonyl (C=O) groups excluding carboxylic acids is 2. The lowest BCUT2D eigenvalue weighted by molar-refractivity contribution is -0.134. The maximum absolute atomic E-state index is 12.8. The van der Waals surface area contributed by atoms with Crippen LogP contribution in [0.3, 0.4) is 0 Å². The van der Waals surface area contributed by atoms with E-state index in [0.29, 0.717) is 18.3 Å². The third kappa shape index (κ3) is 6.42. The minimum Gasteiger partial charge on any atom is -0.355 e. The molecule has 0 spiro atoms. The molecular weight excluding hydrogens is 388 g/mol. The lowest BCUT2D eigenvalue weighted by atomic mass is 10.00. The SMILES string of the molecule is CCCNC(=O)CSc1nnc(S[C@@H](C)C(=O)N2CCCC[C@@H]2CC)s1. The molecule has 6 nitrogen and oxygen atoms in total. The molecular formula is C17H28N4O2S3. The van der Waals surface area contributed by atoms with Crippen molar-refractivity contribution in [3.05, 3.63) is 0 Å². The van der Waals surface area contributed by atoms with Crippen molar-refractivity contribution >= 4 is 46.7 Å². The quantitative estimate of drug-likeness (QED) is 0.622. The van der Waals surface area contributed by atoms with Crippen LogP contribution in [0.5, 0.6) is 0 Å². The Bertz CT molecular complexity index is 596. The van der Waals surface area contributed by atoms with E-state index >= 15 is 0 Å². The Morgan fingerprint density at radius 1 is 1.31 bits per heavy atom. The number of piperidine rings is 1. The van der Waals surface area contributed by atoms with E-state index in [4.69, 9.17) is 0 Å². The van der Waals surface area contributed by atoms with E-state index in [9.17, 15) is 9.59 Å². The summed E-state index contributed by atoms with van der Waals surface area (Å²) in [4.78, 5) is 26.5. The normalized spacial score (nSPS) is 18.6. The lowest BCUT2D eigenvalue weighted by Gasteiger charge is -2.36. The van der Waals surface area contributed by atoms with Crippen LogP contribution in [-0.4, -0.2) is 57.0 Å². The first-order valence-corrected chi connectivity index (χ1v) is 11.9. The first-order valence-electron chi connectivity index (χ1n) is 9.25. The van der Waals surface area contributed by atoms with Crippen LogP contribution >= 0.6 is 34.9 Å². The number of amides is 2. The zero-order chi connectivity index (χ0) is 18.9. The van der Waals surface area contributed by atoms with E-state index in [-0.39, 0.29) is 17.1 Å². The molecule has 0 saturated carbocycles. The smallest absolute Gasteiger partial charge is 0.236 e. The van der Waals surface area contributed by atoms with Crippen molar-refractivity contribution in [2.24, 2.45) is 0 Å². The monoisotopic (exact) mass is 416 g/mol. The fourth-order valence-electron chi connectivity index (χ4n) is 2.90. The van der Waals surface area contributed by atoms with E-state index in [0.717, 1.165) is 40.9 Å². The van der Waals surface area contributed by atoms with Crippen LogP contribution in [0, 0.1) is 0 Å². The highest BCUT2D eigenvalue weighted by molar-refractivity contribution is 8.04. The van der Waals surface area contributed by atoms with Gasteiger partial charge < -0.3 is 10.2 Å². The molecule has 2 amide bonds. The Morgan fingerprint density at radius 3 is 2.81 bits per heavy atom. The van der Waals surface area contributed by atoms with Crippen LogP contribution in [0.15, 0.2) is 8.68 Å². The molecule has 1 saturated heterocycles. The largest absolute Gasteiger partial charge is 0.355 e. The van der Waals surface area contributed by atoms with Gasteiger partial charge in [0.2, 0.25) is 11.8 Å². The highest BCUT2D eigenvalue weighted by Gasteiger charge is 2.29. The van der Waals surface area contributed by atoms with E-state index in [1.807, 2.05) is 13.8 Å². The van der Waals surface area contributed by atoms with Gasteiger partial charge in [-0.3, -0.25) is 9.59 Å². The van der Waals surface area contributed by atoms with Gasteiger partial charge in [0.15, 0.2) is 8.68 Å². The average molecular weight is 417 g/mol. The summed E-state index contributed by atoms with van der Waals surface area (Å²) in [5.41, 5.74) is 0. The minimum atomic E-state index is -0.166. The molecule has 9 heteroatoms. The summed E-state index contributed by atoms with van der Waals surface area (Å²) in [6, 6.07) is 0.376. The number of aromatic nitrogens is 2. The third-order valence-electron chi connectivity index (χ3n) is 4.29. The lowest BCUT2D eigenvalue weighted by Crippen LogP contribution is -2.46. The molecule has 2 rings (SSSR count). The summed E-state index contributed by atoms with van der Waals surface area (Å²) in [7, 11) is 0. The summed E-state index contributed by atoms with van der Waals surface area (Å²) in [6.45, 7) is 7.69. The van der Waals surface area contributed by atoms with Crippen molar-refractivity contribution in [1.82, 2.24) is 20.4 Å².